The summed E-state index contributed by atoms with van der Waals surface area (Å²) in [6, 6.07) is 14.1. The minimum Gasteiger partial charge on any atom is -0.452 e. The first-order valence-electron chi connectivity index (χ1n) is 10.1. The van der Waals surface area contributed by atoms with Gasteiger partial charge in [0.15, 0.2) is 12.3 Å². The Hall–Kier alpha value is -4.09. The first-order valence-corrected chi connectivity index (χ1v) is 11.6. The molecule has 0 aliphatic rings. The number of sulfonamides is 1. The number of aromatic nitrogens is 3. The van der Waals surface area contributed by atoms with Gasteiger partial charge in [0.1, 0.15) is 0 Å². The third-order valence-electron chi connectivity index (χ3n) is 5.38. The molecule has 0 aliphatic carbocycles. The number of aryl methyl sites for hydroxylation is 1. The lowest BCUT2D eigenvalue weighted by molar-refractivity contribution is 0.0469. The number of carbonyl (C=O) groups is 2. The van der Waals surface area contributed by atoms with Gasteiger partial charge in [-0.25, -0.2) is 23.4 Å². The molecule has 4 rings (SSSR count). The Balaban J connectivity index is 1.55. The fourth-order valence-corrected chi connectivity index (χ4v) is 4.29. The van der Waals surface area contributed by atoms with Gasteiger partial charge in [-0.05, 0) is 50.2 Å². The van der Waals surface area contributed by atoms with Crippen molar-refractivity contribution in [2.45, 2.75) is 18.7 Å². The summed E-state index contributed by atoms with van der Waals surface area (Å²) in [6.45, 7) is 3.00. The summed E-state index contributed by atoms with van der Waals surface area (Å²) in [5.41, 5.74) is 1.77. The highest BCUT2D eigenvalue weighted by Crippen LogP contribution is 2.23. The number of Topliss-reactive ketones (excluding diaryl/α,β-unsaturated/α-hetero) is 1. The average Bonchev–Trinajstić information content (AvgIpc) is 3.11. The molecule has 0 amide bonds. The molecule has 4 aromatic rings. The van der Waals surface area contributed by atoms with Gasteiger partial charge in [-0.3, -0.25) is 9.59 Å². The van der Waals surface area contributed by atoms with Gasteiger partial charge in [-0.15, -0.1) is 0 Å². The summed E-state index contributed by atoms with van der Waals surface area (Å²) in [4.78, 5) is 37.3. The van der Waals surface area contributed by atoms with Gasteiger partial charge < -0.3 is 9.30 Å². The summed E-state index contributed by atoms with van der Waals surface area (Å²) in [5.74, 6) is -1.27. The Morgan fingerprint density at radius 1 is 1.06 bits per heavy atom. The van der Waals surface area contributed by atoms with Crippen LogP contribution in [0.15, 0.2) is 64.3 Å². The van der Waals surface area contributed by atoms with E-state index in [1.807, 2.05) is 0 Å². The standard InChI is InChI=1S/C23H20N4O6S/c1-13-11-19(14(2)27(13)15-7-9-16(10-8-15)34(24,31)32)20(28)12-33-23(30)21-17-5-3-4-6-18(17)22(29)26-25-21/h3-11H,12H2,1-2H3,(H,26,29)(H2,24,31,32). The van der Waals surface area contributed by atoms with Gasteiger partial charge in [0.2, 0.25) is 15.8 Å². The Morgan fingerprint density at radius 3 is 2.35 bits per heavy atom. The number of nitrogens with two attached hydrogens (primary N) is 1. The van der Waals surface area contributed by atoms with Crippen LogP contribution < -0.4 is 10.7 Å². The molecule has 0 unspecified atom stereocenters. The number of hydrogen-bond donors (Lipinski definition) is 2. The maximum Gasteiger partial charge on any atom is 0.359 e. The molecular weight excluding hydrogens is 460 g/mol. The van der Waals surface area contributed by atoms with Gasteiger partial charge in [-0.1, -0.05) is 18.2 Å². The van der Waals surface area contributed by atoms with Crippen molar-refractivity contribution in [2.75, 3.05) is 6.61 Å². The van der Waals surface area contributed by atoms with Crippen molar-refractivity contribution in [3.63, 3.8) is 0 Å². The van der Waals surface area contributed by atoms with E-state index in [1.165, 1.54) is 12.1 Å². The molecule has 2 heterocycles. The number of benzene rings is 2. The number of nitrogens with zero attached hydrogens (tertiary/aromatic N) is 2. The molecular formula is C23H20N4O6S. The van der Waals surface area contributed by atoms with Crippen LogP contribution in [0.25, 0.3) is 16.5 Å². The number of rotatable bonds is 6. The van der Waals surface area contributed by atoms with Crippen LogP contribution in [-0.2, 0) is 14.8 Å². The van der Waals surface area contributed by atoms with Crippen LogP contribution in [0.1, 0.15) is 32.2 Å². The number of aromatic amines is 1. The Morgan fingerprint density at radius 2 is 1.71 bits per heavy atom. The van der Waals surface area contributed by atoms with E-state index in [0.717, 1.165) is 5.69 Å². The van der Waals surface area contributed by atoms with Gasteiger partial charge >= 0.3 is 5.97 Å². The van der Waals surface area contributed by atoms with Crippen molar-refractivity contribution in [1.82, 2.24) is 14.8 Å². The number of ether oxygens (including phenoxy) is 1. The Labute approximate surface area is 194 Å². The highest BCUT2D eigenvalue weighted by molar-refractivity contribution is 7.89. The second-order valence-corrected chi connectivity index (χ2v) is 9.17. The molecule has 0 saturated heterocycles. The molecule has 0 aliphatic heterocycles. The SMILES string of the molecule is Cc1cc(C(=O)COC(=O)c2n[nH]c(=O)c3ccccc23)c(C)n1-c1ccc(S(N)(=O)=O)cc1. The minimum atomic E-state index is -3.82. The number of esters is 1. The fourth-order valence-electron chi connectivity index (χ4n) is 3.77. The van der Waals surface area contributed by atoms with E-state index in [0.29, 0.717) is 22.3 Å². The first-order chi connectivity index (χ1) is 16.1. The molecule has 34 heavy (non-hydrogen) atoms. The van der Waals surface area contributed by atoms with Gasteiger partial charge in [0.25, 0.3) is 5.56 Å². The van der Waals surface area contributed by atoms with E-state index in [9.17, 15) is 22.8 Å². The maximum atomic E-state index is 12.8. The van der Waals surface area contributed by atoms with Crippen molar-refractivity contribution in [3.8, 4) is 5.69 Å². The van der Waals surface area contributed by atoms with Crippen LogP contribution in [0.4, 0.5) is 0 Å². The molecule has 0 atom stereocenters. The molecule has 0 fully saturated rings. The first kappa shape index (κ1) is 23.1. The van der Waals surface area contributed by atoms with E-state index < -0.39 is 33.9 Å². The number of H-pyrrole nitrogens is 1. The van der Waals surface area contributed by atoms with Crippen LogP contribution in [0.2, 0.25) is 0 Å². The van der Waals surface area contributed by atoms with Crippen LogP contribution in [-0.4, -0.2) is 41.5 Å². The molecule has 2 aromatic heterocycles. The average molecular weight is 481 g/mol. The van der Waals surface area contributed by atoms with Crippen LogP contribution in [0.3, 0.4) is 0 Å². The third kappa shape index (κ3) is 4.26. The Bertz CT molecular complexity index is 1600. The topological polar surface area (TPSA) is 154 Å². The number of carbonyl (C=O) groups excluding carboxylic acids is 2. The van der Waals surface area contributed by atoms with Crippen molar-refractivity contribution in [2.24, 2.45) is 5.14 Å². The second-order valence-electron chi connectivity index (χ2n) is 7.61. The smallest absolute Gasteiger partial charge is 0.359 e. The number of primary sulfonamides is 1. The molecule has 11 heteroatoms. The highest BCUT2D eigenvalue weighted by Gasteiger charge is 2.21. The number of hydrogen-bond acceptors (Lipinski definition) is 7. The number of fused-ring (bicyclic) bond motifs is 1. The van der Waals surface area contributed by atoms with Crippen molar-refractivity contribution in [1.29, 1.82) is 0 Å². The lowest BCUT2D eigenvalue weighted by atomic mass is 10.1. The highest BCUT2D eigenvalue weighted by atomic mass is 32.2. The molecule has 0 bridgehead atoms. The molecule has 0 spiro atoms. The second kappa shape index (κ2) is 8.69. The van der Waals surface area contributed by atoms with Crippen LogP contribution in [0.5, 0.6) is 0 Å². The summed E-state index contributed by atoms with van der Waals surface area (Å²) >= 11 is 0. The summed E-state index contributed by atoms with van der Waals surface area (Å²) in [5, 5.41) is 11.8. The number of ketones is 1. The van der Waals surface area contributed by atoms with E-state index in [4.69, 9.17) is 9.88 Å². The molecule has 0 radical (unpaired) electrons. The van der Waals surface area contributed by atoms with E-state index in [-0.39, 0.29) is 16.0 Å². The zero-order chi connectivity index (χ0) is 24.6. The van der Waals surface area contributed by atoms with Crippen LogP contribution >= 0.6 is 0 Å². The monoisotopic (exact) mass is 480 g/mol. The van der Waals surface area contributed by atoms with Crippen molar-refractivity contribution >= 4 is 32.5 Å². The van der Waals surface area contributed by atoms with Gasteiger partial charge in [0.05, 0.1) is 10.3 Å². The van der Waals surface area contributed by atoms with Crippen molar-refractivity contribution < 1.29 is 22.7 Å². The molecule has 2 aromatic carbocycles. The molecule has 174 valence electrons. The van der Waals surface area contributed by atoms with E-state index in [1.54, 1.807) is 60.9 Å². The lowest BCUT2D eigenvalue weighted by Gasteiger charge is -2.11. The summed E-state index contributed by atoms with van der Waals surface area (Å²) < 4.78 is 29.9. The quantitative estimate of drug-likeness (QED) is 0.316. The predicted octanol–water partition coefficient (Wildman–Crippen LogP) is 2.02. The molecule has 3 N–H and O–H groups in total. The summed E-state index contributed by atoms with van der Waals surface area (Å²) in [6.07, 6.45) is 0. The third-order valence-corrected chi connectivity index (χ3v) is 6.31. The van der Waals surface area contributed by atoms with E-state index >= 15 is 0 Å². The zero-order valence-corrected chi connectivity index (χ0v) is 19.0. The molecule has 0 saturated carbocycles. The fraction of sp³-hybridized carbons (Fsp3) is 0.130. The number of nitrogens with one attached hydrogen (secondary N) is 1. The maximum absolute atomic E-state index is 12.8. The normalized spacial score (nSPS) is 11.5. The van der Waals surface area contributed by atoms with Crippen LogP contribution in [0, 0.1) is 13.8 Å². The Kier molecular flexibility index (Phi) is 5.90. The van der Waals surface area contributed by atoms with Gasteiger partial charge in [-0.2, -0.15) is 5.10 Å². The zero-order valence-electron chi connectivity index (χ0n) is 18.2. The predicted molar refractivity (Wildman–Crippen MR) is 124 cm³/mol. The van der Waals surface area contributed by atoms with Crippen molar-refractivity contribution in [3.05, 3.63) is 87.6 Å². The lowest BCUT2D eigenvalue weighted by Crippen LogP contribution is -2.19. The van der Waals surface area contributed by atoms with Gasteiger partial charge in [0, 0.05) is 28.0 Å². The largest absolute Gasteiger partial charge is 0.452 e. The van der Waals surface area contributed by atoms with E-state index in [2.05, 4.69) is 10.2 Å². The minimum absolute atomic E-state index is 0.0229. The molecule has 10 nitrogen and oxygen atoms in total. The summed E-state index contributed by atoms with van der Waals surface area (Å²) in [7, 11) is -3.82.